The fourth-order valence-electron chi connectivity index (χ4n) is 2.74. The van der Waals surface area contributed by atoms with E-state index in [1.807, 2.05) is 18.2 Å². The standard InChI is InChI=1S/C19H15AsN4/c20-14-8-6-13(7-9-14)16-10-15(12-4-2-1-3-5-12)17-18(21)22-11-23-19(17)24-16/h1-11H,20H2,(H2,21,22,23,24). The second-order valence-electron chi connectivity index (χ2n) is 5.50. The Labute approximate surface area is 148 Å². The van der Waals surface area contributed by atoms with E-state index in [2.05, 4.69) is 52.4 Å². The average molecular weight is 374 g/mol. The van der Waals surface area contributed by atoms with Crippen LogP contribution in [0.3, 0.4) is 0 Å². The monoisotopic (exact) mass is 374 g/mol. The zero-order valence-electron chi connectivity index (χ0n) is 12.8. The summed E-state index contributed by atoms with van der Waals surface area (Å²) in [5, 5.41) is 0.794. The van der Waals surface area contributed by atoms with E-state index in [-0.39, 0.29) is 0 Å². The first-order chi connectivity index (χ1) is 11.7. The maximum atomic E-state index is 6.11. The molecule has 24 heavy (non-hydrogen) atoms. The number of pyridine rings is 1. The number of hydrogen-bond acceptors (Lipinski definition) is 4. The molecule has 0 saturated carbocycles. The molecule has 1 atom stereocenters. The molecule has 4 rings (SSSR count). The molecule has 2 aromatic carbocycles. The maximum absolute atomic E-state index is 6.11. The summed E-state index contributed by atoms with van der Waals surface area (Å²) in [6.45, 7) is 0. The number of nitrogens with zero attached hydrogens (tertiary/aromatic N) is 3. The van der Waals surface area contributed by atoms with Gasteiger partial charge in [-0.2, -0.15) is 0 Å². The summed E-state index contributed by atoms with van der Waals surface area (Å²) in [5.41, 5.74) is 10.7. The van der Waals surface area contributed by atoms with E-state index in [1.165, 1.54) is 10.7 Å². The van der Waals surface area contributed by atoms with E-state index in [1.54, 1.807) is 16.9 Å². The predicted molar refractivity (Wildman–Crippen MR) is 101 cm³/mol. The number of aromatic nitrogens is 3. The third-order valence-corrected chi connectivity index (χ3v) is 4.73. The number of anilines is 1. The Morgan fingerprint density at radius 2 is 1.58 bits per heavy atom. The summed E-state index contributed by atoms with van der Waals surface area (Å²) in [7, 11) is 0. The summed E-state index contributed by atoms with van der Waals surface area (Å²) >= 11 is 1.61. The number of fused-ring (bicyclic) bond motifs is 1. The molecule has 116 valence electrons. The molecule has 0 saturated heterocycles. The van der Waals surface area contributed by atoms with E-state index < -0.39 is 0 Å². The summed E-state index contributed by atoms with van der Waals surface area (Å²) in [4.78, 5) is 13.2. The van der Waals surface area contributed by atoms with Crippen molar-refractivity contribution in [2.75, 3.05) is 5.73 Å². The minimum atomic E-state index is 0.449. The van der Waals surface area contributed by atoms with E-state index in [9.17, 15) is 0 Å². The van der Waals surface area contributed by atoms with Gasteiger partial charge in [0.2, 0.25) is 0 Å². The van der Waals surface area contributed by atoms with Crippen molar-refractivity contribution in [3.8, 4) is 22.4 Å². The first-order valence-electron chi connectivity index (χ1n) is 7.55. The zero-order chi connectivity index (χ0) is 16.5. The van der Waals surface area contributed by atoms with Crippen molar-refractivity contribution >= 4 is 38.1 Å². The molecule has 2 aromatic heterocycles. The molecule has 0 aliphatic heterocycles. The Balaban J connectivity index is 2.03. The molecule has 4 aromatic rings. The summed E-state index contributed by atoms with van der Waals surface area (Å²) in [6.07, 6.45) is 1.46. The van der Waals surface area contributed by atoms with Crippen molar-refractivity contribution in [1.29, 1.82) is 0 Å². The van der Waals surface area contributed by atoms with Crippen molar-refractivity contribution in [2.45, 2.75) is 0 Å². The van der Waals surface area contributed by atoms with Crippen LogP contribution in [-0.4, -0.2) is 31.8 Å². The van der Waals surface area contributed by atoms with Crippen LogP contribution in [0.25, 0.3) is 33.4 Å². The SMILES string of the molecule is Nc1ncnc2nc(-c3ccc([AsH2])cc3)cc(-c3ccccc3)c12. The summed E-state index contributed by atoms with van der Waals surface area (Å²) in [5.74, 6) is 0.449. The van der Waals surface area contributed by atoms with Crippen molar-refractivity contribution in [2.24, 2.45) is 0 Å². The van der Waals surface area contributed by atoms with Crippen molar-refractivity contribution in [1.82, 2.24) is 15.0 Å². The van der Waals surface area contributed by atoms with Crippen LogP contribution in [-0.2, 0) is 0 Å². The molecule has 4 nitrogen and oxygen atoms in total. The molecule has 0 radical (unpaired) electrons. The van der Waals surface area contributed by atoms with Gasteiger partial charge < -0.3 is 0 Å². The van der Waals surface area contributed by atoms with Gasteiger partial charge in [-0.25, -0.2) is 0 Å². The second kappa shape index (κ2) is 6.06. The average Bonchev–Trinajstić information content (AvgIpc) is 2.62. The fraction of sp³-hybridized carbons (Fsp3) is 0. The molecule has 0 aliphatic carbocycles. The van der Waals surface area contributed by atoms with Crippen LogP contribution in [0, 0.1) is 0 Å². The summed E-state index contributed by atoms with van der Waals surface area (Å²) < 4.78 is 1.28. The minimum absolute atomic E-state index is 0.449. The Hall–Kier alpha value is -2.71. The van der Waals surface area contributed by atoms with E-state index in [0.717, 1.165) is 27.8 Å². The van der Waals surface area contributed by atoms with Gasteiger partial charge in [0, 0.05) is 0 Å². The van der Waals surface area contributed by atoms with E-state index in [4.69, 9.17) is 10.7 Å². The van der Waals surface area contributed by atoms with E-state index >= 15 is 0 Å². The molecular formula is C19H15AsN4. The molecule has 5 heteroatoms. The van der Waals surface area contributed by atoms with Crippen LogP contribution in [0.5, 0.6) is 0 Å². The van der Waals surface area contributed by atoms with Gasteiger partial charge in [-0.05, 0) is 0 Å². The van der Waals surface area contributed by atoms with Gasteiger partial charge in [0.25, 0.3) is 0 Å². The van der Waals surface area contributed by atoms with Gasteiger partial charge >= 0.3 is 148 Å². The van der Waals surface area contributed by atoms with Gasteiger partial charge in [0.1, 0.15) is 0 Å². The Morgan fingerprint density at radius 3 is 2.33 bits per heavy atom. The van der Waals surface area contributed by atoms with Crippen molar-refractivity contribution in [3.63, 3.8) is 0 Å². The number of benzene rings is 2. The molecule has 2 N–H and O–H groups in total. The van der Waals surface area contributed by atoms with Crippen LogP contribution in [0.15, 0.2) is 67.0 Å². The van der Waals surface area contributed by atoms with Crippen LogP contribution < -0.4 is 10.1 Å². The molecule has 2 heterocycles. The molecule has 0 spiro atoms. The van der Waals surface area contributed by atoms with Gasteiger partial charge in [-0.3, -0.25) is 0 Å². The predicted octanol–water partition coefficient (Wildman–Crippen LogP) is 2.20. The van der Waals surface area contributed by atoms with Crippen LogP contribution in [0.4, 0.5) is 5.82 Å². The third kappa shape index (κ3) is 2.66. The Kier molecular flexibility index (Phi) is 3.75. The quantitative estimate of drug-likeness (QED) is 0.547. The number of nitrogens with two attached hydrogens (primary N) is 1. The second-order valence-corrected chi connectivity index (χ2v) is 6.90. The van der Waals surface area contributed by atoms with Gasteiger partial charge in [0.05, 0.1) is 0 Å². The van der Waals surface area contributed by atoms with Gasteiger partial charge in [0.15, 0.2) is 0 Å². The Bertz CT molecular complexity index is 1010. The Morgan fingerprint density at radius 1 is 0.833 bits per heavy atom. The molecule has 1 unspecified atom stereocenters. The fourth-order valence-corrected chi connectivity index (χ4v) is 3.14. The van der Waals surface area contributed by atoms with Crippen LogP contribution >= 0.6 is 0 Å². The number of hydrogen-bond donors (Lipinski definition) is 1. The van der Waals surface area contributed by atoms with Gasteiger partial charge in [-0.1, -0.05) is 0 Å². The first-order valence-corrected chi connectivity index (χ1v) is 8.76. The summed E-state index contributed by atoms with van der Waals surface area (Å²) in [6, 6.07) is 20.6. The molecule has 0 amide bonds. The normalized spacial score (nSPS) is 10.9. The third-order valence-electron chi connectivity index (χ3n) is 3.92. The molecule has 0 fully saturated rings. The van der Waals surface area contributed by atoms with Crippen LogP contribution in [0.2, 0.25) is 0 Å². The van der Waals surface area contributed by atoms with E-state index in [0.29, 0.717) is 11.5 Å². The van der Waals surface area contributed by atoms with Gasteiger partial charge in [-0.15, -0.1) is 0 Å². The molecule has 0 aliphatic rings. The molecule has 0 bridgehead atoms. The number of nitrogen functional groups attached to an aromatic ring is 1. The molecular weight excluding hydrogens is 359 g/mol. The first kappa shape index (κ1) is 14.9. The van der Waals surface area contributed by atoms with Crippen molar-refractivity contribution in [3.05, 3.63) is 67.0 Å². The number of rotatable bonds is 2. The topological polar surface area (TPSA) is 64.7 Å². The van der Waals surface area contributed by atoms with Crippen LogP contribution in [0.1, 0.15) is 0 Å². The zero-order valence-corrected chi connectivity index (χ0v) is 15.3. The van der Waals surface area contributed by atoms with Crippen molar-refractivity contribution < 1.29 is 0 Å².